The molecule has 2 aromatic carbocycles. The van der Waals surface area contributed by atoms with Gasteiger partial charge in [-0.3, -0.25) is 14.8 Å². The van der Waals surface area contributed by atoms with E-state index in [2.05, 4.69) is 9.88 Å². The average molecular weight is 572 g/mol. The Kier molecular flexibility index (Phi) is 8.68. The third kappa shape index (κ3) is 6.45. The second-order valence-electron chi connectivity index (χ2n) is 10.2. The predicted octanol–water partition coefficient (Wildman–Crippen LogP) is 6.76. The number of thioether (sulfide) groups is 1. The van der Waals surface area contributed by atoms with E-state index in [9.17, 15) is 18.0 Å². The van der Waals surface area contributed by atoms with E-state index in [-0.39, 0.29) is 5.92 Å². The second-order valence-corrected chi connectivity index (χ2v) is 11.1. The Hall–Kier alpha value is -3.08. The maximum absolute atomic E-state index is 13.2. The molecule has 40 heavy (non-hydrogen) atoms. The number of nitrogens with zero attached hydrogens (tertiary/aromatic N) is 3. The van der Waals surface area contributed by atoms with Crippen molar-refractivity contribution in [3.63, 3.8) is 0 Å². The maximum atomic E-state index is 13.2. The highest BCUT2D eigenvalue weighted by Gasteiger charge is 2.45. The van der Waals surface area contributed by atoms with Gasteiger partial charge in [-0.05, 0) is 74.6 Å². The topological polar surface area (TPSA) is 54.9 Å². The zero-order chi connectivity index (χ0) is 28.3. The van der Waals surface area contributed by atoms with Gasteiger partial charge in [0, 0.05) is 41.2 Å². The number of aromatic nitrogens is 1. The van der Waals surface area contributed by atoms with E-state index >= 15 is 0 Å². The molecule has 6 nitrogen and oxygen atoms in total. The number of alkyl halides is 3. The van der Waals surface area contributed by atoms with Crippen molar-refractivity contribution >= 4 is 17.7 Å². The molecule has 0 aliphatic carbocycles. The summed E-state index contributed by atoms with van der Waals surface area (Å²) in [7, 11) is 1.65. The van der Waals surface area contributed by atoms with Crippen molar-refractivity contribution in [2.24, 2.45) is 0 Å². The number of carbonyl (C=O) groups excluding carboxylic acids is 1. The number of likely N-dealkylation sites (N-methyl/N-ethyl adjacent to an activating group) is 1. The fourth-order valence-electron chi connectivity index (χ4n) is 5.49. The van der Waals surface area contributed by atoms with Crippen molar-refractivity contribution in [3.05, 3.63) is 83.2 Å². The summed E-state index contributed by atoms with van der Waals surface area (Å²) in [5.74, 6) is -1.41. The monoisotopic (exact) mass is 571 g/mol. The molecule has 0 amide bonds. The SMILES string of the molecule is CSc1ccc(C2CN(C)C(OC(=O)C(F)(F)F)c3cccc(Oc4cncc(CN5CCCCC5)c4)c32)cc1. The molecule has 0 bridgehead atoms. The predicted molar refractivity (Wildman–Crippen MR) is 147 cm³/mol. The highest BCUT2D eigenvalue weighted by molar-refractivity contribution is 7.98. The lowest BCUT2D eigenvalue weighted by atomic mass is 9.83. The first-order valence-electron chi connectivity index (χ1n) is 13.3. The summed E-state index contributed by atoms with van der Waals surface area (Å²) in [6, 6.07) is 15.2. The summed E-state index contributed by atoms with van der Waals surface area (Å²) in [5.41, 5.74) is 3.17. The Morgan fingerprint density at radius 3 is 2.52 bits per heavy atom. The van der Waals surface area contributed by atoms with Crippen LogP contribution in [0, 0.1) is 0 Å². The van der Waals surface area contributed by atoms with Crippen molar-refractivity contribution in [1.29, 1.82) is 0 Å². The summed E-state index contributed by atoms with van der Waals surface area (Å²) >= 11 is 1.63. The third-order valence-electron chi connectivity index (χ3n) is 7.41. The number of fused-ring (bicyclic) bond motifs is 1. The Morgan fingerprint density at radius 1 is 1.07 bits per heavy atom. The number of carbonyl (C=O) groups is 1. The van der Waals surface area contributed by atoms with Crippen molar-refractivity contribution < 1.29 is 27.4 Å². The maximum Gasteiger partial charge on any atom is 0.490 e. The first kappa shape index (κ1) is 28.4. The van der Waals surface area contributed by atoms with Gasteiger partial charge >= 0.3 is 12.1 Å². The molecule has 2 aliphatic heterocycles. The number of likely N-dealkylation sites (tertiary alicyclic amines) is 1. The molecule has 3 aromatic rings. The van der Waals surface area contributed by atoms with Crippen LogP contribution >= 0.6 is 11.8 Å². The molecule has 0 radical (unpaired) electrons. The zero-order valence-corrected chi connectivity index (χ0v) is 23.3. The van der Waals surface area contributed by atoms with Crippen LogP contribution < -0.4 is 4.74 Å². The molecular formula is C30H32F3N3O3S. The first-order chi connectivity index (χ1) is 19.2. The number of rotatable bonds is 7. The van der Waals surface area contributed by atoms with Crippen LogP contribution in [-0.4, -0.2) is 59.9 Å². The van der Waals surface area contributed by atoms with Crippen LogP contribution in [0.4, 0.5) is 13.2 Å². The van der Waals surface area contributed by atoms with Gasteiger partial charge in [-0.15, -0.1) is 11.8 Å². The highest BCUT2D eigenvalue weighted by Crippen LogP contribution is 2.45. The molecule has 0 N–H and O–H groups in total. The molecule has 2 atom stereocenters. The molecule has 2 aliphatic rings. The van der Waals surface area contributed by atoms with E-state index in [4.69, 9.17) is 9.47 Å². The third-order valence-corrected chi connectivity index (χ3v) is 8.15. The lowest BCUT2D eigenvalue weighted by Gasteiger charge is -2.39. The van der Waals surface area contributed by atoms with Crippen LogP contribution in [0.1, 0.15) is 53.7 Å². The summed E-state index contributed by atoms with van der Waals surface area (Å²) in [5, 5.41) is 0. The number of esters is 1. The van der Waals surface area contributed by atoms with Crippen LogP contribution in [0.25, 0.3) is 0 Å². The molecule has 1 aromatic heterocycles. The summed E-state index contributed by atoms with van der Waals surface area (Å²) in [6.45, 7) is 3.22. The van der Waals surface area contributed by atoms with Crippen LogP contribution in [0.15, 0.2) is 65.8 Å². The molecule has 10 heteroatoms. The molecule has 0 saturated carbocycles. The fraction of sp³-hybridized carbons (Fsp3) is 0.400. The molecule has 1 saturated heterocycles. The van der Waals surface area contributed by atoms with Gasteiger partial charge in [-0.25, -0.2) is 4.79 Å². The number of halogens is 3. The van der Waals surface area contributed by atoms with Crippen molar-refractivity contribution in [2.45, 2.75) is 49.0 Å². The van der Waals surface area contributed by atoms with Gasteiger partial charge in [-0.2, -0.15) is 13.2 Å². The zero-order valence-electron chi connectivity index (χ0n) is 22.5. The van der Waals surface area contributed by atoms with E-state index in [1.54, 1.807) is 48.1 Å². The Bertz CT molecular complexity index is 1330. The quantitative estimate of drug-likeness (QED) is 0.229. The molecular weight excluding hydrogens is 539 g/mol. The first-order valence-corrected chi connectivity index (χ1v) is 14.5. The van der Waals surface area contributed by atoms with Crippen LogP contribution in [-0.2, 0) is 16.1 Å². The number of pyridine rings is 1. The summed E-state index contributed by atoms with van der Waals surface area (Å²) < 4.78 is 50.9. The molecule has 0 spiro atoms. The lowest BCUT2D eigenvalue weighted by molar-refractivity contribution is -0.213. The number of hydrogen-bond acceptors (Lipinski definition) is 7. The highest BCUT2D eigenvalue weighted by atomic mass is 32.2. The number of piperidine rings is 1. The van der Waals surface area contributed by atoms with E-state index in [1.807, 2.05) is 42.8 Å². The lowest BCUT2D eigenvalue weighted by Crippen LogP contribution is -2.40. The van der Waals surface area contributed by atoms with Crippen LogP contribution in [0.2, 0.25) is 0 Å². The fourth-order valence-corrected chi connectivity index (χ4v) is 5.90. The van der Waals surface area contributed by atoms with Gasteiger partial charge in [0.15, 0.2) is 6.23 Å². The van der Waals surface area contributed by atoms with Gasteiger partial charge in [0.25, 0.3) is 0 Å². The minimum Gasteiger partial charge on any atom is -0.455 e. The Balaban J connectivity index is 1.51. The summed E-state index contributed by atoms with van der Waals surface area (Å²) in [4.78, 5) is 21.4. The molecule has 3 heterocycles. The molecule has 212 valence electrons. The Morgan fingerprint density at radius 2 is 1.82 bits per heavy atom. The smallest absolute Gasteiger partial charge is 0.455 e. The average Bonchev–Trinajstić information content (AvgIpc) is 2.94. The van der Waals surface area contributed by atoms with E-state index in [1.165, 1.54) is 19.3 Å². The molecule has 5 rings (SSSR count). The van der Waals surface area contributed by atoms with Crippen LogP contribution in [0.3, 0.4) is 0 Å². The van der Waals surface area contributed by atoms with Crippen LogP contribution in [0.5, 0.6) is 11.5 Å². The number of hydrogen-bond donors (Lipinski definition) is 0. The number of ether oxygens (including phenoxy) is 2. The molecule has 1 fully saturated rings. The van der Waals surface area contributed by atoms with Crippen molar-refractivity contribution in [1.82, 2.24) is 14.8 Å². The minimum absolute atomic E-state index is 0.225. The standard InChI is InChI=1S/C30H32F3N3O3S/c1-35-19-25(21-9-11-23(40-2)12-10-21)27-24(28(35)39-29(37)30(31,32)33)7-6-8-26(27)38-22-15-20(16-34-17-22)18-36-13-4-3-5-14-36/h6-12,15-17,25,28H,3-5,13-14,18-19H2,1-2H3. The van der Waals surface area contributed by atoms with Gasteiger partial charge in [0.1, 0.15) is 11.5 Å². The van der Waals surface area contributed by atoms with Crippen molar-refractivity contribution in [2.75, 3.05) is 32.9 Å². The largest absolute Gasteiger partial charge is 0.490 e. The van der Waals surface area contributed by atoms with Gasteiger partial charge < -0.3 is 9.47 Å². The second kappa shape index (κ2) is 12.2. The van der Waals surface area contributed by atoms with E-state index in [0.29, 0.717) is 29.2 Å². The van der Waals surface area contributed by atoms with Gasteiger partial charge in [0.05, 0.1) is 6.20 Å². The summed E-state index contributed by atoms with van der Waals surface area (Å²) in [6.07, 6.45) is 2.79. The molecule has 2 unspecified atom stereocenters. The normalized spacial score (nSPS) is 20.1. The van der Waals surface area contributed by atoms with E-state index < -0.39 is 18.4 Å². The van der Waals surface area contributed by atoms with Gasteiger partial charge in [0.2, 0.25) is 0 Å². The number of benzene rings is 2. The minimum atomic E-state index is -5.10. The van der Waals surface area contributed by atoms with E-state index in [0.717, 1.165) is 35.7 Å². The Labute approximate surface area is 236 Å². The van der Waals surface area contributed by atoms with Crippen molar-refractivity contribution in [3.8, 4) is 11.5 Å². The van der Waals surface area contributed by atoms with Gasteiger partial charge in [-0.1, -0.05) is 30.7 Å².